The average molecular weight is 378 g/mol. The van der Waals surface area contributed by atoms with E-state index in [4.69, 9.17) is 0 Å². The first-order valence-electron chi connectivity index (χ1n) is 9.43. The Morgan fingerprint density at radius 2 is 1.96 bits per heavy atom. The van der Waals surface area contributed by atoms with Crippen LogP contribution in [0.4, 0.5) is 4.79 Å². The van der Waals surface area contributed by atoms with Gasteiger partial charge in [-0.25, -0.2) is 4.79 Å². The fourth-order valence-electron chi connectivity index (χ4n) is 3.75. The molecule has 0 bridgehead atoms. The van der Waals surface area contributed by atoms with Crippen LogP contribution < -0.4 is 16.0 Å². The van der Waals surface area contributed by atoms with Gasteiger partial charge in [0.25, 0.3) is 11.8 Å². The Morgan fingerprint density at radius 3 is 2.61 bits per heavy atom. The lowest BCUT2D eigenvalue weighted by Gasteiger charge is -2.26. The Balaban J connectivity index is 1.47. The fraction of sp³-hybridized carbons (Fsp3) is 0.333. The molecule has 4 amide bonds. The predicted octanol–water partition coefficient (Wildman–Crippen LogP) is 2.17. The number of carbonyl (C=O) groups excluding carboxylic acids is 3. The summed E-state index contributed by atoms with van der Waals surface area (Å²) in [6.45, 7) is 2.29. The van der Waals surface area contributed by atoms with Gasteiger partial charge in [-0.3, -0.25) is 19.9 Å². The molecule has 1 saturated heterocycles. The lowest BCUT2D eigenvalue weighted by molar-refractivity contribution is -0.124. The van der Waals surface area contributed by atoms with E-state index in [-0.39, 0.29) is 24.3 Å². The molecule has 1 aliphatic heterocycles. The third-order valence-electron chi connectivity index (χ3n) is 5.43. The maximum absolute atomic E-state index is 12.8. The first-order valence-corrected chi connectivity index (χ1v) is 9.43. The van der Waals surface area contributed by atoms with Crippen molar-refractivity contribution in [2.45, 2.75) is 31.7 Å². The molecule has 2 heterocycles. The number of hydrogen-bond donors (Lipinski definition) is 3. The Bertz CT molecular complexity index is 937. The molecule has 28 heavy (non-hydrogen) atoms. The third kappa shape index (κ3) is 3.35. The summed E-state index contributed by atoms with van der Waals surface area (Å²) in [5.41, 5.74) is 2.19. The van der Waals surface area contributed by atoms with E-state index in [9.17, 15) is 14.4 Å². The monoisotopic (exact) mass is 378 g/mol. The Morgan fingerprint density at radius 1 is 1.21 bits per heavy atom. The highest BCUT2D eigenvalue weighted by Crippen LogP contribution is 2.43. The minimum absolute atomic E-state index is 0.136. The summed E-state index contributed by atoms with van der Waals surface area (Å²) in [6.07, 6.45) is 3.83. The van der Waals surface area contributed by atoms with Crippen LogP contribution in [0.15, 0.2) is 42.6 Å². The van der Waals surface area contributed by atoms with E-state index < -0.39 is 11.6 Å². The van der Waals surface area contributed by atoms with Crippen molar-refractivity contribution >= 4 is 17.8 Å². The number of benzene rings is 1. The van der Waals surface area contributed by atoms with Crippen molar-refractivity contribution in [3.63, 3.8) is 0 Å². The van der Waals surface area contributed by atoms with Gasteiger partial charge in [0, 0.05) is 18.3 Å². The second-order valence-electron chi connectivity index (χ2n) is 7.43. The van der Waals surface area contributed by atoms with Crippen LogP contribution in [0.3, 0.4) is 0 Å². The van der Waals surface area contributed by atoms with E-state index in [0.717, 1.165) is 24.0 Å². The second-order valence-corrected chi connectivity index (χ2v) is 7.43. The highest BCUT2D eigenvalue weighted by Gasteiger charge is 2.55. The molecule has 144 valence electrons. The van der Waals surface area contributed by atoms with Crippen molar-refractivity contribution < 1.29 is 14.4 Å². The maximum Gasteiger partial charge on any atom is 0.322 e. The number of carbonyl (C=O) groups is 3. The number of nitrogens with zero attached hydrogens (tertiary/aromatic N) is 1. The standard InChI is InChI=1S/C21H22N4O3/c1-13-4-6-14(7-5-13)17-16(3-2-11-22-17)18(26)23-12-10-21(15-8-9-15)19(27)24-20(28)25-21/h2-7,11,15H,8-10,12H2,1H3,(H,23,26)(H2,24,25,27,28)/t21-/m0/s1. The summed E-state index contributed by atoms with van der Waals surface area (Å²) >= 11 is 0. The zero-order valence-corrected chi connectivity index (χ0v) is 15.6. The smallest absolute Gasteiger partial charge is 0.322 e. The van der Waals surface area contributed by atoms with E-state index >= 15 is 0 Å². The number of aryl methyl sites for hydroxylation is 1. The molecule has 1 aliphatic carbocycles. The minimum atomic E-state index is -0.904. The zero-order chi connectivity index (χ0) is 19.7. The minimum Gasteiger partial charge on any atom is -0.352 e. The van der Waals surface area contributed by atoms with E-state index in [1.54, 1.807) is 18.3 Å². The van der Waals surface area contributed by atoms with Crippen molar-refractivity contribution in [2.24, 2.45) is 5.92 Å². The maximum atomic E-state index is 12.8. The molecule has 1 aromatic carbocycles. The van der Waals surface area contributed by atoms with Gasteiger partial charge in [-0.1, -0.05) is 29.8 Å². The molecule has 1 aromatic heterocycles. The number of urea groups is 1. The predicted molar refractivity (Wildman–Crippen MR) is 103 cm³/mol. The van der Waals surface area contributed by atoms with Gasteiger partial charge in [0.15, 0.2) is 0 Å². The van der Waals surface area contributed by atoms with Crippen LogP contribution in [0.5, 0.6) is 0 Å². The van der Waals surface area contributed by atoms with Gasteiger partial charge in [0.2, 0.25) is 0 Å². The van der Waals surface area contributed by atoms with Gasteiger partial charge >= 0.3 is 6.03 Å². The number of rotatable bonds is 6. The van der Waals surface area contributed by atoms with Gasteiger partial charge in [0.1, 0.15) is 5.54 Å². The molecule has 4 rings (SSSR count). The average Bonchev–Trinajstić information content (AvgIpc) is 3.49. The van der Waals surface area contributed by atoms with E-state index in [1.807, 2.05) is 31.2 Å². The summed E-state index contributed by atoms with van der Waals surface area (Å²) in [5.74, 6) is -0.410. The number of hydrogen-bond acceptors (Lipinski definition) is 4. The van der Waals surface area contributed by atoms with Gasteiger partial charge in [-0.15, -0.1) is 0 Å². The molecule has 1 saturated carbocycles. The Labute approximate surface area is 162 Å². The molecule has 7 nitrogen and oxygen atoms in total. The van der Waals surface area contributed by atoms with Crippen LogP contribution in [0.2, 0.25) is 0 Å². The van der Waals surface area contributed by atoms with Crippen LogP contribution in [0.25, 0.3) is 11.3 Å². The van der Waals surface area contributed by atoms with Gasteiger partial charge < -0.3 is 10.6 Å². The molecule has 2 aliphatic rings. The van der Waals surface area contributed by atoms with Gasteiger partial charge in [-0.05, 0) is 44.2 Å². The summed E-state index contributed by atoms with van der Waals surface area (Å²) in [5, 5.41) is 7.97. The van der Waals surface area contributed by atoms with Crippen molar-refractivity contribution in [3.8, 4) is 11.3 Å². The topological polar surface area (TPSA) is 100 Å². The first kappa shape index (κ1) is 18.2. The summed E-state index contributed by atoms with van der Waals surface area (Å²) < 4.78 is 0. The molecule has 3 N–H and O–H groups in total. The van der Waals surface area contributed by atoms with Crippen molar-refractivity contribution in [3.05, 3.63) is 53.7 Å². The number of amides is 4. The van der Waals surface area contributed by atoms with Crippen LogP contribution in [0.1, 0.15) is 35.2 Å². The zero-order valence-electron chi connectivity index (χ0n) is 15.6. The van der Waals surface area contributed by atoms with Crippen molar-refractivity contribution in [2.75, 3.05) is 6.54 Å². The Hall–Kier alpha value is -3.22. The molecular weight excluding hydrogens is 356 g/mol. The largest absolute Gasteiger partial charge is 0.352 e. The molecule has 0 unspecified atom stereocenters. The molecule has 0 radical (unpaired) electrons. The normalized spacial score (nSPS) is 21.2. The molecule has 2 fully saturated rings. The van der Waals surface area contributed by atoms with Gasteiger partial charge in [-0.2, -0.15) is 0 Å². The third-order valence-corrected chi connectivity index (χ3v) is 5.43. The summed E-state index contributed by atoms with van der Waals surface area (Å²) in [4.78, 5) is 41.0. The van der Waals surface area contributed by atoms with Crippen LogP contribution in [-0.2, 0) is 4.79 Å². The lowest BCUT2D eigenvalue weighted by atomic mass is 9.89. The summed E-state index contributed by atoms with van der Waals surface area (Å²) in [7, 11) is 0. The summed E-state index contributed by atoms with van der Waals surface area (Å²) in [6, 6.07) is 10.8. The SMILES string of the molecule is Cc1ccc(-c2ncccc2C(=O)NCC[C@@]2(C3CC3)NC(=O)NC2=O)cc1. The number of pyridine rings is 1. The number of nitrogens with one attached hydrogen (secondary N) is 3. The first-order chi connectivity index (χ1) is 13.5. The van der Waals surface area contributed by atoms with Gasteiger partial charge in [0.05, 0.1) is 11.3 Å². The van der Waals surface area contributed by atoms with Crippen molar-refractivity contribution in [1.29, 1.82) is 0 Å². The molecular formula is C21H22N4O3. The Kier molecular flexibility index (Phi) is 4.58. The number of imide groups is 1. The molecule has 7 heteroatoms. The lowest BCUT2D eigenvalue weighted by Crippen LogP contribution is -2.51. The van der Waals surface area contributed by atoms with Crippen LogP contribution in [0, 0.1) is 12.8 Å². The highest BCUT2D eigenvalue weighted by molar-refractivity contribution is 6.07. The highest BCUT2D eigenvalue weighted by atomic mass is 16.2. The van der Waals surface area contributed by atoms with E-state index in [1.165, 1.54) is 0 Å². The van der Waals surface area contributed by atoms with Crippen LogP contribution in [-0.4, -0.2) is 34.9 Å². The number of aromatic nitrogens is 1. The van der Waals surface area contributed by atoms with Crippen LogP contribution >= 0.6 is 0 Å². The quantitative estimate of drug-likeness (QED) is 0.671. The van der Waals surface area contributed by atoms with E-state index in [2.05, 4.69) is 20.9 Å². The van der Waals surface area contributed by atoms with Crippen molar-refractivity contribution in [1.82, 2.24) is 20.9 Å². The molecule has 2 aromatic rings. The molecule has 1 atom stereocenters. The second kappa shape index (κ2) is 7.07. The van der Waals surface area contributed by atoms with E-state index in [0.29, 0.717) is 17.7 Å². The molecule has 0 spiro atoms. The fourth-order valence-corrected chi connectivity index (χ4v) is 3.75.